The van der Waals surface area contributed by atoms with Gasteiger partial charge in [0.1, 0.15) is 5.75 Å². The van der Waals surface area contributed by atoms with Gasteiger partial charge in [-0.05, 0) is 30.7 Å². The molecule has 2 rings (SSSR count). The van der Waals surface area contributed by atoms with E-state index in [1.807, 2.05) is 29.8 Å². The molecule has 5 nitrogen and oxygen atoms in total. The first-order valence-corrected chi connectivity index (χ1v) is 6.39. The minimum Gasteiger partial charge on any atom is -0.496 e. The van der Waals surface area contributed by atoms with Gasteiger partial charge in [0.25, 0.3) is 0 Å². The Hall–Kier alpha value is -1.88. The molecule has 5 heteroatoms. The zero-order valence-corrected chi connectivity index (χ0v) is 11.8. The molecule has 1 aromatic heterocycles. The van der Waals surface area contributed by atoms with E-state index in [1.165, 1.54) is 0 Å². The number of methoxy groups -OCH3 is 1. The summed E-state index contributed by atoms with van der Waals surface area (Å²) in [6.45, 7) is 7.00. The molecule has 0 bridgehead atoms. The normalized spacial score (nSPS) is 11.0. The molecule has 1 N–H and O–H groups in total. The monoisotopic (exact) mass is 260 g/mol. The molecule has 0 aliphatic rings. The van der Waals surface area contributed by atoms with Crippen LogP contribution in [0.15, 0.2) is 24.4 Å². The summed E-state index contributed by atoms with van der Waals surface area (Å²) < 4.78 is 7.12. The van der Waals surface area contributed by atoms with Crippen molar-refractivity contribution in [3.8, 4) is 11.4 Å². The molecule has 0 saturated carbocycles. The summed E-state index contributed by atoms with van der Waals surface area (Å²) in [5.74, 6) is 0.880. The number of aromatic nitrogens is 3. The molecule has 0 saturated heterocycles. The summed E-state index contributed by atoms with van der Waals surface area (Å²) in [4.78, 5) is 0. The molecular weight excluding hydrogens is 240 g/mol. The fourth-order valence-electron chi connectivity index (χ4n) is 1.90. The predicted molar refractivity (Wildman–Crippen MR) is 74.6 cm³/mol. The largest absolute Gasteiger partial charge is 0.496 e. The van der Waals surface area contributed by atoms with E-state index in [9.17, 15) is 0 Å². The molecule has 0 spiro atoms. The van der Waals surface area contributed by atoms with Gasteiger partial charge in [0.15, 0.2) is 0 Å². The Labute approximate surface area is 113 Å². The number of ether oxygens (including phenoxy) is 1. The quantitative estimate of drug-likeness (QED) is 0.894. The molecule has 102 valence electrons. The van der Waals surface area contributed by atoms with Crippen molar-refractivity contribution in [2.24, 2.45) is 0 Å². The van der Waals surface area contributed by atoms with Gasteiger partial charge >= 0.3 is 0 Å². The number of aryl methyl sites for hydroxylation is 1. The third-order valence-electron chi connectivity index (χ3n) is 2.93. The smallest absolute Gasteiger partial charge is 0.121 e. The maximum atomic E-state index is 5.27. The van der Waals surface area contributed by atoms with Crippen molar-refractivity contribution in [2.75, 3.05) is 7.11 Å². The van der Waals surface area contributed by atoms with Crippen molar-refractivity contribution in [2.45, 2.75) is 33.4 Å². The number of rotatable bonds is 5. The Morgan fingerprint density at radius 2 is 2.16 bits per heavy atom. The van der Waals surface area contributed by atoms with Gasteiger partial charge in [-0.3, -0.25) is 0 Å². The SMILES string of the molecule is COc1ccc(-n2nncc2CNC(C)C)cc1C. The van der Waals surface area contributed by atoms with Crippen LogP contribution in [0.2, 0.25) is 0 Å². The highest BCUT2D eigenvalue weighted by Crippen LogP contribution is 2.21. The lowest BCUT2D eigenvalue weighted by Crippen LogP contribution is -2.23. The lowest BCUT2D eigenvalue weighted by atomic mass is 10.2. The minimum atomic E-state index is 0.431. The van der Waals surface area contributed by atoms with Crippen LogP contribution >= 0.6 is 0 Å². The first-order chi connectivity index (χ1) is 9.11. The summed E-state index contributed by atoms with van der Waals surface area (Å²) in [6.07, 6.45) is 1.79. The first-order valence-electron chi connectivity index (χ1n) is 6.39. The van der Waals surface area contributed by atoms with Crippen molar-refractivity contribution in [1.82, 2.24) is 20.3 Å². The fraction of sp³-hybridized carbons (Fsp3) is 0.429. The van der Waals surface area contributed by atoms with Crippen LogP contribution in [0.3, 0.4) is 0 Å². The van der Waals surface area contributed by atoms with E-state index in [-0.39, 0.29) is 0 Å². The zero-order chi connectivity index (χ0) is 13.8. The van der Waals surface area contributed by atoms with E-state index in [1.54, 1.807) is 13.3 Å². The van der Waals surface area contributed by atoms with Gasteiger partial charge in [0.2, 0.25) is 0 Å². The van der Waals surface area contributed by atoms with Crippen LogP contribution in [-0.2, 0) is 6.54 Å². The van der Waals surface area contributed by atoms with Crippen LogP contribution in [0.25, 0.3) is 5.69 Å². The Kier molecular flexibility index (Phi) is 4.16. The predicted octanol–water partition coefficient (Wildman–Crippen LogP) is 2.08. The van der Waals surface area contributed by atoms with Crippen molar-refractivity contribution in [3.63, 3.8) is 0 Å². The molecule has 0 atom stereocenters. The van der Waals surface area contributed by atoms with Crippen LogP contribution < -0.4 is 10.1 Å². The van der Waals surface area contributed by atoms with E-state index >= 15 is 0 Å². The highest BCUT2D eigenvalue weighted by molar-refractivity contribution is 5.43. The summed E-state index contributed by atoms with van der Waals surface area (Å²) >= 11 is 0. The zero-order valence-electron chi connectivity index (χ0n) is 11.8. The summed E-state index contributed by atoms with van der Waals surface area (Å²) in [6, 6.07) is 6.42. The third kappa shape index (κ3) is 3.12. The molecule has 0 unspecified atom stereocenters. The Morgan fingerprint density at radius 1 is 1.37 bits per heavy atom. The average molecular weight is 260 g/mol. The van der Waals surface area contributed by atoms with Crippen molar-refractivity contribution in [1.29, 1.82) is 0 Å². The highest BCUT2D eigenvalue weighted by Gasteiger charge is 2.08. The molecule has 0 amide bonds. The topological polar surface area (TPSA) is 52.0 Å². The third-order valence-corrected chi connectivity index (χ3v) is 2.93. The van der Waals surface area contributed by atoms with Gasteiger partial charge in [0, 0.05) is 12.6 Å². The van der Waals surface area contributed by atoms with E-state index < -0.39 is 0 Å². The van der Waals surface area contributed by atoms with Crippen molar-refractivity contribution >= 4 is 0 Å². The standard InChI is InChI=1S/C14H20N4O/c1-10(2)15-8-13-9-16-17-18(13)12-5-6-14(19-4)11(3)7-12/h5-7,9-10,15H,8H2,1-4H3. The van der Waals surface area contributed by atoms with Crippen LogP contribution in [-0.4, -0.2) is 28.1 Å². The van der Waals surface area contributed by atoms with Gasteiger partial charge in [0.05, 0.1) is 24.7 Å². The lowest BCUT2D eigenvalue weighted by molar-refractivity contribution is 0.411. The lowest BCUT2D eigenvalue weighted by Gasteiger charge is -2.11. The Bertz CT molecular complexity index is 548. The van der Waals surface area contributed by atoms with Crippen LogP contribution in [0.5, 0.6) is 5.75 Å². The Balaban J connectivity index is 2.27. The van der Waals surface area contributed by atoms with Crippen LogP contribution in [0.1, 0.15) is 25.1 Å². The highest BCUT2D eigenvalue weighted by atomic mass is 16.5. The van der Waals surface area contributed by atoms with Gasteiger partial charge in [-0.2, -0.15) is 0 Å². The second-order valence-corrected chi connectivity index (χ2v) is 4.83. The second kappa shape index (κ2) is 5.84. The number of benzene rings is 1. The summed E-state index contributed by atoms with van der Waals surface area (Å²) in [7, 11) is 1.68. The van der Waals surface area contributed by atoms with E-state index in [0.29, 0.717) is 6.04 Å². The minimum absolute atomic E-state index is 0.431. The number of nitrogens with zero attached hydrogens (tertiary/aromatic N) is 3. The van der Waals surface area contributed by atoms with Gasteiger partial charge in [-0.1, -0.05) is 19.1 Å². The fourth-order valence-corrected chi connectivity index (χ4v) is 1.90. The summed E-state index contributed by atoms with van der Waals surface area (Å²) in [5.41, 5.74) is 3.12. The number of hydrogen-bond donors (Lipinski definition) is 1. The van der Waals surface area contributed by atoms with E-state index in [4.69, 9.17) is 4.74 Å². The van der Waals surface area contributed by atoms with E-state index in [2.05, 4.69) is 29.5 Å². The van der Waals surface area contributed by atoms with Crippen LogP contribution in [0, 0.1) is 6.92 Å². The molecule has 2 aromatic rings. The summed E-state index contributed by atoms with van der Waals surface area (Å²) in [5, 5.41) is 11.5. The van der Waals surface area contributed by atoms with Gasteiger partial charge in [-0.15, -0.1) is 5.10 Å². The number of nitrogens with one attached hydrogen (secondary N) is 1. The maximum Gasteiger partial charge on any atom is 0.121 e. The molecule has 19 heavy (non-hydrogen) atoms. The van der Waals surface area contributed by atoms with Crippen molar-refractivity contribution in [3.05, 3.63) is 35.7 Å². The second-order valence-electron chi connectivity index (χ2n) is 4.83. The molecule has 0 radical (unpaired) electrons. The average Bonchev–Trinajstić information content (AvgIpc) is 2.84. The molecule has 0 fully saturated rings. The first kappa shape index (κ1) is 13.5. The van der Waals surface area contributed by atoms with Gasteiger partial charge < -0.3 is 10.1 Å². The molecule has 1 heterocycles. The number of hydrogen-bond acceptors (Lipinski definition) is 4. The molecular formula is C14H20N4O. The van der Waals surface area contributed by atoms with E-state index in [0.717, 1.165) is 29.2 Å². The van der Waals surface area contributed by atoms with Gasteiger partial charge in [-0.25, -0.2) is 4.68 Å². The van der Waals surface area contributed by atoms with Crippen LogP contribution in [0.4, 0.5) is 0 Å². The maximum absolute atomic E-state index is 5.27. The molecule has 1 aromatic carbocycles. The Morgan fingerprint density at radius 3 is 2.79 bits per heavy atom. The molecule has 0 aliphatic carbocycles. The van der Waals surface area contributed by atoms with Crippen molar-refractivity contribution < 1.29 is 4.74 Å². The molecule has 0 aliphatic heterocycles.